The Bertz CT molecular complexity index is 1130. The fourth-order valence-corrected chi connectivity index (χ4v) is 4.62. The van der Waals surface area contributed by atoms with Gasteiger partial charge in [0.05, 0.1) is 11.5 Å². The van der Waals surface area contributed by atoms with Crippen LogP contribution >= 0.6 is 11.8 Å². The normalized spacial score (nSPS) is 16.3. The van der Waals surface area contributed by atoms with Crippen molar-refractivity contribution in [2.24, 2.45) is 5.10 Å². The van der Waals surface area contributed by atoms with Gasteiger partial charge in [-0.05, 0) is 47.9 Å². The minimum absolute atomic E-state index is 0.0847. The summed E-state index contributed by atoms with van der Waals surface area (Å²) in [5, 5.41) is 4.02. The lowest BCUT2D eigenvalue weighted by Crippen LogP contribution is -2.27. The molecule has 1 unspecified atom stereocenters. The lowest BCUT2D eigenvalue weighted by molar-refractivity contribution is -0.128. The molecule has 1 aliphatic heterocycles. The highest BCUT2D eigenvalue weighted by atomic mass is 32.2. The minimum atomic E-state index is -0.339. The first-order chi connectivity index (χ1) is 15.5. The Morgan fingerprint density at radius 1 is 1.03 bits per heavy atom. The zero-order valence-corrected chi connectivity index (χ0v) is 18.3. The molecule has 0 aliphatic carbocycles. The van der Waals surface area contributed by atoms with Crippen molar-refractivity contribution >= 4 is 29.3 Å². The molecular formula is C25H22FN3O2S. The Labute approximate surface area is 190 Å². The molecule has 1 saturated heterocycles. The van der Waals surface area contributed by atoms with E-state index in [-0.39, 0.29) is 23.0 Å². The lowest BCUT2D eigenvalue weighted by Gasteiger charge is -2.24. The van der Waals surface area contributed by atoms with E-state index in [1.165, 1.54) is 12.1 Å². The van der Waals surface area contributed by atoms with E-state index in [1.807, 2.05) is 47.4 Å². The van der Waals surface area contributed by atoms with Crippen molar-refractivity contribution in [3.8, 4) is 0 Å². The molecule has 7 heteroatoms. The number of halogens is 1. The molecule has 4 rings (SSSR count). The SMILES string of the molecule is CC(=NNC(=O)c1ccc(C2SCC(=O)N2Cc2ccccc2)cc1)c1ccc(F)cc1. The Kier molecular flexibility index (Phi) is 6.66. The number of hydrogen-bond acceptors (Lipinski definition) is 4. The van der Waals surface area contributed by atoms with Crippen molar-refractivity contribution < 1.29 is 14.0 Å². The standard InChI is InChI=1S/C25H22FN3O2S/c1-17(19-11-13-22(26)14-12-19)27-28-24(31)20-7-9-21(10-8-20)25-29(23(30)16-32-25)15-18-5-3-2-4-6-18/h2-14,25H,15-16H2,1H3,(H,28,31). The number of rotatable bonds is 6. The third-order valence-electron chi connectivity index (χ3n) is 5.21. The summed E-state index contributed by atoms with van der Waals surface area (Å²) >= 11 is 1.59. The van der Waals surface area contributed by atoms with Gasteiger partial charge in [-0.2, -0.15) is 5.10 Å². The average molecular weight is 448 g/mol. The quantitative estimate of drug-likeness (QED) is 0.438. The molecular weight excluding hydrogens is 425 g/mol. The van der Waals surface area contributed by atoms with E-state index >= 15 is 0 Å². The second-order valence-corrected chi connectivity index (χ2v) is 8.51. The fourth-order valence-electron chi connectivity index (χ4n) is 3.44. The van der Waals surface area contributed by atoms with E-state index in [0.29, 0.717) is 23.6 Å². The van der Waals surface area contributed by atoms with Crippen LogP contribution in [0.1, 0.15) is 39.3 Å². The molecule has 1 aliphatic rings. The summed E-state index contributed by atoms with van der Waals surface area (Å²) in [4.78, 5) is 26.8. The number of carbonyl (C=O) groups excluding carboxylic acids is 2. The van der Waals surface area contributed by atoms with Crippen LogP contribution in [0.15, 0.2) is 84.0 Å². The van der Waals surface area contributed by atoms with Gasteiger partial charge in [-0.25, -0.2) is 9.82 Å². The van der Waals surface area contributed by atoms with Gasteiger partial charge in [0, 0.05) is 12.1 Å². The van der Waals surface area contributed by atoms with Gasteiger partial charge in [0.1, 0.15) is 11.2 Å². The molecule has 2 amide bonds. The van der Waals surface area contributed by atoms with Crippen LogP contribution in [0.2, 0.25) is 0 Å². The van der Waals surface area contributed by atoms with Gasteiger partial charge in [0.25, 0.3) is 5.91 Å². The molecule has 0 spiro atoms. The van der Waals surface area contributed by atoms with E-state index in [4.69, 9.17) is 0 Å². The van der Waals surface area contributed by atoms with Gasteiger partial charge in [-0.3, -0.25) is 9.59 Å². The van der Waals surface area contributed by atoms with Crippen LogP contribution in [0.25, 0.3) is 0 Å². The minimum Gasteiger partial charge on any atom is -0.322 e. The van der Waals surface area contributed by atoms with Gasteiger partial charge in [-0.15, -0.1) is 11.8 Å². The molecule has 1 fully saturated rings. The number of nitrogens with zero attached hydrogens (tertiary/aromatic N) is 2. The Balaban J connectivity index is 1.42. The maximum atomic E-state index is 13.1. The monoisotopic (exact) mass is 447 g/mol. The summed E-state index contributed by atoms with van der Waals surface area (Å²) in [6, 6.07) is 23.0. The molecule has 3 aromatic rings. The maximum Gasteiger partial charge on any atom is 0.271 e. The van der Waals surface area contributed by atoms with Crippen LogP contribution in [0, 0.1) is 5.82 Å². The fraction of sp³-hybridized carbons (Fsp3) is 0.160. The van der Waals surface area contributed by atoms with Crippen molar-refractivity contribution in [3.05, 3.63) is 107 Å². The highest BCUT2D eigenvalue weighted by Gasteiger charge is 2.32. The largest absolute Gasteiger partial charge is 0.322 e. The second kappa shape index (κ2) is 9.78. The summed E-state index contributed by atoms with van der Waals surface area (Å²) in [5.74, 6) is -0.113. The molecule has 32 heavy (non-hydrogen) atoms. The average Bonchev–Trinajstić information content (AvgIpc) is 3.18. The van der Waals surface area contributed by atoms with Crippen molar-refractivity contribution in [2.45, 2.75) is 18.8 Å². The first-order valence-electron chi connectivity index (χ1n) is 10.2. The van der Waals surface area contributed by atoms with Crippen LogP contribution in [-0.2, 0) is 11.3 Å². The number of nitrogens with one attached hydrogen (secondary N) is 1. The van der Waals surface area contributed by atoms with Crippen LogP contribution in [0.5, 0.6) is 0 Å². The smallest absolute Gasteiger partial charge is 0.271 e. The number of benzene rings is 3. The van der Waals surface area contributed by atoms with Gasteiger partial charge in [0.15, 0.2) is 0 Å². The Morgan fingerprint density at radius 2 is 1.69 bits per heavy atom. The van der Waals surface area contributed by atoms with Crippen LogP contribution in [-0.4, -0.2) is 28.2 Å². The maximum absolute atomic E-state index is 13.1. The summed E-state index contributed by atoms with van der Waals surface area (Å²) in [6.45, 7) is 2.29. The van der Waals surface area contributed by atoms with Gasteiger partial charge in [0.2, 0.25) is 5.91 Å². The van der Waals surface area contributed by atoms with E-state index in [0.717, 1.165) is 16.7 Å². The van der Waals surface area contributed by atoms with E-state index in [9.17, 15) is 14.0 Å². The van der Waals surface area contributed by atoms with Crippen LogP contribution in [0.3, 0.4) is 0 Å². The number of hydrogen-bond donors (Lipinski definition) is 1. The van der Waals surface area contributed by atoms with E-state index < -0.39 is 0 Å². The van der Waals surface area contributed by atoms with Crippen LogP contribution < -0.4 is 5.43 Å². The molecule has 0 saturated carbocycles. The number of amides is 2. The molecule has 0 radical (unpaired) electrons. The first kappa shape index (κ1) is 21.8. The number of thioether (sulfide) groups is 1. The molecule has 1 heterocycles. The van der Waals surface area contributed by atoms with Crippen molar-refractivity contribution in [1.82, 2.24) is 10.3 Å². The molecule has 0 bridgehead atoms. The van der Waals surface area contributed by atoms with Gasteiger partial charge < -0.3 is 4.90 Å². The molecule has 1 N–H and O–H groups in total. The topological polar surface area (TPSA) is 61.8 Å². The molecule has 0 aromatic heterocycles. The highest BCUT2D eigenvalue weighted by molar-refractivity contribution is 8.00. The van der Waals surface area contributed by atoms with E-state index in [1.54, 1.807) is 43.0 Å². The Morgan fingerprint density at radius 3 is 2.38 bits per heavy atom. The second-order valence-electron chi connectivity index (χ2n) is 7.44. The highest BCUT2D eigenvalue weighted by Crippen LogP contribution is 2.39. The zero-order chi connectivity index (χ0) is 22.5. The first-order valence-corrected chi connectivity index (χ1v) is 11.2. The summed E-state index contributed by atoms with van der Waals surface area (Å²) in [6.07, 6.45) is 0. The summed E-state index contributed by atoms with van der Waals surface area (Å²) in [7, 11) is 0. The van der Waals surface area contributed by atoms with Gasteiger partial charge in [-0.1, -0.05) is 54.6 Å². The molecule has 162 valence electrons. The lowest BCUT2D eigenvalue weighted by atomic mass is 10.1. The zero-order valence-electron chi connectivity index (χ0n) is 17.5. The van der Waals surface area contributed by atoms with Crippen LogP contribution in [0.4, 0.5) is 4.39 Å². The Hall–Kier alpha value is -3.45. The molecule has 3 aromatic carbocycles. The molecule has 5 nitrogen and oxygen atoms in total. The van der Waals surface area contributed by atoms with E-state index in [2.05, 4.69) is 10.5 Å². The number of hydrazone groups is 1. The number of carbonyl (C=O) groups is 2. The third kappa shape index (κ3) is 5.06. The summed E-state index contributed by atoms with van der Waals surface area (Å²) in [5.41, 5.74) is 6.36. The summed E-state index contributed by atoms with van der Waals surface area (Å²) < 4.78 is 13.1. The predicted octanol–water partition coefficient (Wildman–Crippen LogP) is 4.75. The van der Waals surface area contributed by atoms with Crippen molar-refractivity contribution in [2.75, 3.05) is 5.75 Å². The predicted molar refractivity (Wildman–Crippen MR) is 125 cm³/mol. The van der Waals surface area contributed by atoms with Crippen molar-refractivity contribution in [3.63, 3.8) is 0 Å². The third-order valence-corrected chi connectivity index (χ3v) is 6.47. The van der Waals surface area contributed by atoms with Gasteiger partial charge >= 0.3 is 0 Å². The molecule has 1 atom stereocenters. The van der Waals surface area contributed by atoms with Crippen molar-refractivity contribution in [1.29, 1.82) is 0 Å².